The molecule has 678 valence electrons. The molecule has 5 aromatic carbocycles. The van der Waals surface area contributed by atoms with Crippen molar-refractivity contribution in [3.63, 3.8) is 0 Å². The molecule has 0 saturated carbocycles. The lowest BCUT2D eigenvalue weighted by molar-refractivity contribution is 0.234. The molecular weight excluding hydrogens is 1500 g/mol. The Morgan fingerprint density at radius 1 is 0.225 bits per heavy atom. The van der Waals surface area contributed by atoms with Crippen LogP contribution in [0.1, 0.15) is 460 Å². The van der Waals surface area contributed by atoms with Crippen LogP contribution in [-0.4, -0.2) is 49.4 Å². The van der Waals surface area contributed by atoms with E-state index >= 15 is 0 Å². The summed E-state index contributed by atoms with van der Waals surface area (Å²) in [4.78, 5) is 21.0. The predicted molar refractivity (Wildman–Crippen MR) is 514 cm³/mol. The van der Waals surface area contributed by atoms with Crippen LogP contribution in [0.5, 0.6) is 46.0 Å². The van der Waals surface area contributed by atoms with Crippen molar-refractivity contribution in [1.29, 1.82) is 0 Å². The van der Waals surface area contributed by atoms with Gasteiger partial charge in [-0.3, -0.25) is 4.57 Å². The number of unbranched alkanes of at least 4 members (excludes halogenated alkanes) is 54. The summed E-state index contributed by atoms with van der Waals surface area (Å²) in [5.41, 5.74) is 5.80. The van der Waals surface area contributed by atoms with Crippen molar-refractivity contribution in [3.05, 3.63) is 124 Å². The first-order valence-corrected chi connectivity index (χ1v) is 51.8. The SMILES string of the molecule is CCCCCCCCCCCCOc1cc(/C=C/c2ccc(COc3cc(OCc4ccc(/C=C/c5cc(OCCCCCCCCCCCC)c(OCCCCCCCCCCCC)c(OCCCCCCCCCCCC)c5)cc4)cc(P(=O)(O)O)c3)cc2)cc(OCCCCCCCCCCCC)c1OCCCCCCCCCCCC. The molecule has 5 rings (SSSR count). The van der Waals surface area contributed by atoms with E-state index in [1.807, 2.05) is 24.3 Å². The molecule has 5 aromatic rings. The molecular formula is C108H175O11P. The van der Waals surface area contributed by atoms with Crippen molar-refractivity contribution < 1.29 is 52.2 Å². The van der Waals surface area contributed by atoms with Crippen molar-refractivity contribution in [2.75, 3.05) is 39.6 Å². The first-order valence-electron chi connectivity index (χ1n) is 50.2. The van der Waals surface area contributed by atoms with Crippen molar-refractivity contribution >= 4 is 37.2 Å². The fraction of sp³-hybridized carbons (Fsp3) is 0.685. The zero-order valence-electron chi connectivity index (χ0n) is 77.6. The average molecular weight is 1680 g/mol. The topological polar surface area (TPSA) is 131 Å². The highest BCUT2D eigenvalue weighted by atomic mass is 31.2. The molecule has 0 aliphatic heterocycles. The molecule has 2 N–H and O–H groups in total. The number of ether oxygens (including phenoxy) is 8. The van der Waals surface area contributed by atoms with E-state index in [-0.39, 0.29) is 18.5 Å². The maximum absolute atomic E-state index is 12.9. The highest BCUT2D eigenvalue weighted by Gasteiger charge is 2.22. The van der Waals surface area contributed by atoms with Gasteiger partial charge in [-0.1, -0.05) is 461 Å². The van der Waals surface area contributed by atoms with Crippen LogP contribution in [0.15, 0.2) is 91.0 Å². The third-order valence-electron chi connectivity index (χ3n) is 23.5. The van der Waals surface area contributed by atoms with Gasteiger partial charge in [0.15, 0.2) is 23.0 Å². The molecule has 0 unspecified atom stereocenters. The average Bonchev–Trinajstić information content (AvgIpc) is 0.833. The molecule has 0 aliphatic rings. The fourth-order valence-corrected chi connectivity index (χ4v) is 16.4. The molecule has 12 heteroatoms. The molecule has 0 amide bonds. The summed E-state index contributed by atoms with van der Waals surface area (Å²) < 4.78 is 65.9. The minimum absolute atomic E-state index is 0.169. The second-order valence-corrected chi connectivity index (χ2v) is 36.4. The van der Waals surface area contributed by atoms with E-state index in [1.54, 1.807) is 6.07 Å². The molecule has 0 spiro atoms. The third kappa shape index (κ3) is 52.7. The number of rotatable bonds is 83. The van der Waals surface area contributed by atoms with Crippen LogP contribution < -0.4 is 43.2 Å². The minimum atomic E-state index is -4.68. The molecule has 0 bridgehead atoms. The van der Waals surface area contributed by atoms with Gasteiger partial charge in [-0.15, -0.1) is 0 Å². The second-order valence-electron chi connectivity index (χ2n) is 34.8. The van der Waals surface area contributed by atoms with E-state index in [0.29, 0.717) is 51.1 Å². The van der Waals surface area contributed by atoms with Gasteiger partial charge in [-0.25, -0.2) is 0 Å². The van der Waals surface area contributed by atoms with E-state index in [1.165, 1.54) is 320 Å². The highest BCUT2D eigenvalue weighted by Crippen LogP contribution is 2.43. The van der Waals surface area contributed by atoms with E-state index < -0.39 is 7.60 Å². The number of hydrogen-bond acceptors (Lipinski definition) is 9. The molecule has 0 radical (unpaired) electrons. The minimum Gasteiger partial charge on any atom is -0.490 e. The summed E-state index contributed by atoms with van der Waals surface area (Å²) in [6, 6.07) is 29.4. The van der Waals surface area contributed by atoms with E-state index in [4.69, 9.17) is 37.9 Å². The van der Waals surface area contributed by atoms with Gasteiger partial charge in [0.05, 0.1) is 44.9 Å². The summed E-state index contributed by atoms with van der Waals surface area (Å²) in [6.45, 7) is 17.9. The molecule has 0 aliphatic carbocycles. The molecule has 0 aromatic heterocycles. The Balaban J connectivity index is 1.27. The summed E-state index contributed by atoms with van der Waals surface area (Å²) in [5.74, 6) is 5.07. The monoisotopic (exact) mass is 1680 g/mol. The standard InChI is InChI=1S/C108H175O11P/c1-7-13-19-25-31-37-43-49-55-61-79-112-103-85-98(86-104(113-80-62-56-50-44-38-32-26-20-14-8-2)107(103)116-83-65-59-53-47-41-35-29-23-17-11-5)77-71-94-67-73-96(74-68-94)92-118-100-89-101(91-102(90-100)120(109,110)111)119-93-97-75-69-95(70-76-97)72-78-99-87-105(114-81-63-57-51-45-39-33-27-21-15-9-3)108(117-84-66-60-54-48-42-36-30-24-18-12-6)106(88-99)115-82-64-58-52-46-40-34-28-22-16-10-4/h67-78,85-91H,7-66,79-84,92-93H2,1-6H3,(H2,109,110,111)/b77-71+,78-72+. The quantitative estimate of drug-likeness (QED) is 0.0219. The van der Waals surface area contributed by atoms with Gasteiger partial charge in [-0.05, 0) is 108 Å². The zero-order valence-corrected chi connectivity index (χ0v) is 78.5. The maximum Gasteiger partial charge on any atom is 0.356 e. The van der Waals surface area contributed by atoms with Crippen LogP contribution in [0.4, 0.5) is 0 Å². The Labute approximate surface area is 735 Å². The summed E-state index contributed by atoms with van der Waals surface area (Å²) in [5, 5.41) is -0.169. The van der Waals surface area contributed by atoms with Gasteiger partial charge in [0.1, 0.15) is 24.7 Å². The molecule has 11 nitrogen and oxygen atoms in total. The van der Waals surface area contributed by atoms with Crippen LogP contribution in [0.25, 0.3) is 24.3 Å². The van der Waals surface area contributed by atoms with Crippen LogP contribution in [0.3, 0.4) is 0 Å². The highest BCUT2D eigenvalue weighted by molar-refractivity contribution is 7.60. The van der Waals surface area contributed by atoms with Gasteiger partial charge in [0.2, 0.25) is 11.5 Å². The Morgan fingerprint density at radius 2 is 0.417 bits per heavy atom. The largest absolute Gasteiger partial charge is 0.490 e. The first-order chi connectivity index (χ1) is 59.1. The lowest BCUT2D eigenvalue weighted by Crippen LogP contribution is -2.07. The Kier molecular flexibility index (Phi) is 63.2. The molecule has 0 atom stereocenters. The van der Waals surface area contributed by atoms with Gasteiger partial charge in [0.25, 0.3) is 0 Å². The predicted octanol–water partition coefficient (Wildman–Crippen LogP) is 33.8. The summed E-state index contributed by atoms with van der Waals surface area (Å²) in [6.07, 6.45) is 84.7. The lowest BCUT2D eigenvalue weighted by Gasteiger charge is -2.18. The van der Waals surface area contributed by atoms with Gasteiger partial charge in [-0.2, -0.15) is 0 Å². The summed E-state index contributed by atoms with van der Waals surface area (Å²) in [7, 11) is -4.68. The van der Waals surface area contributed by atoms with Gasteiger partial charge >= 0.3 is 7.60 Å². The lowest BCUT2D eigenvalue weighted by atomic mass is 10.1. The summed E-state index contributed by atoms with van der Waals surface area (Å²) >= 11 is 0. The molecule has 0 heterocycles. The maximum atomic E-state index is 12.9. The Hall–Kier alpha value is -5.87. The second kappa shape index (κ2) is 72.4. The van der Waals surface area contributed by atoms with E-state index in [2.05, 4.69) is 114 Å². The smallest absolute Gasteiger partial charge is 0.356 e. The number of hydrogen-bond donors (Lipinski definition) is 2. The van der Waals surface area contributed by atoms with Crippen LogP contribution >= 0.6 is 7.60 Å². The first kappa shape index (κ1) is 105. The van der Waals surface area contributed by atoms with Gasteiger partial charge in [0, 0.05) is 6.07 Å². The van der Waals surface area contributed by atoms with Crippen molar-refractivity contribution in [1.82, 2.24) is 0 Å². The molecule has 0 fully saturated rings. The van der Waals surface area contributed by atoms with Crippen molar-refractivity contribution in [2.45, 2.75) is 440 Å². The third-order valence-corrected chi connectivity index (χ3v) is 24.4. The molecule has 0 saturated heterocycles. The van der Waals surface area contributed by atoms with Gasteiger partial charge < -0.3 is 47.7 Å². The van der Waals surface area contributed by atoms with Crippen LogP contribution in [-0.2, 0) is 17.8 Å². The van der Waals surface area contributed by atoms with Crippen LogP contribution in [0, 0.1) is 0 Å². The van der Waals surface area contributed by atoms with Crippen molar-refractivity contribution in [3.8, 4) is 46.0 Å². The number of benzene rings is 5. The van der Waals surface area contributed by atoms with E-state index in [0.717, 1.165) is 145 Å². The Bertz CT molecular complexity index is 3040. The van der Waals surface area contributed by atoms with E-state index in [9.17, 15) is 14.4 Å². The zero-order chi connectivity index (χ0) is 85.3. The van der Waals surface area contributed by atoms with Crippen LogP contribution in [0.2, 0.25) is 0 Å². The van der Waals surface area contributed by atoms with Crippen molar-refractivity contribution in [2.24, 2.45) is 0 Å². The molecule has 120 heavy (non-hydrogen) atoms. The fourth-order valence-electron chi connectivity index (χ4n) is 15.8. The normalized spacial score (nSPS) is 11.7. The Morgan fingerprint density at radius 3 is 0.625 bits per heavy atom.